The van der Waals surface area contributed by atoms with E-state index in [-0.39, 0.29) is 23.7 Å². The number of hydrogen-bond acceptors (Lipinski definition) is 8. The Hall–Kier alpha value is -5.20. The molecule has 0 saturated carbocycles. The highest BCUT2D eigenvalue weighted by atomic mass is 19.1. The minimum Gasteiger partial charge on any atom is -0.287 e. The summed E-state index contributed by atoms with van der Waals surface area (Å²) in [5, 5.41) is 25.7. The Balaban J connectivity index is 1.16. The van der Waals surface area contributed by atoms with Crippen LogP contribution in [0.3, 0.4) is 0 Å². The van der Waals surface area contributed by atoms with Crippen molar-refractivity contribution in [3.63, 3.8) is 0 Å². The molecule has 1 aliphatic heterocycles. The standard InChI is InChI=1S/C34H32F2N10/c35-29-15-11-25(12-16-29)23-45-33(37-39-41-45)31(27-7-3-1-4-8-27)43-19-21-44(22-20-43)32(28-9-5-2-6-10-28)34-38-40-42-46(34)24-26-13-17-30(36)18-14-26/h1-18,31-32H,19-24H2. The molecule has 0 aliphatic carbocycles. The van der Waals surface area contributed by atoms with Crippen molar-refractivity contribution in [3.05, 3.63) is 155 Å². The molecule has 2 unspecified atom stereocenters. The van der Waals surface area contributed by atoms with E-state index in [1.165, 1.54) is 24.3 Å². The van der Waals surface area contributed by atoms with Crippen LogP contribution in [0.15, 0.2) is 109 Å². The van der Waals surface area contributed by atoms with Crippen molar-refractivity contribution >= 4 is 0 Å². The molecule has 1 aliphatic rings. The topological polar surface area (TPSA) is 93.7 Å². The molecule has 0 radical (unpaired) electrons. The minimum atomic E-state index is -0.279. The van der Waals surface area contributed by atoms with Gasteiger partial charge < -0.3 is 0 Å². The molecule has 12 heteroatoms. The van der Waals surface area contributed by atoms with Crippen molar-refractivity contribution in [1.29, 1.82) is 0 Å². The lowest BCUT2D eigenvalue weighted by Crippen LogP contribution is -2.50. The molecule has 7 rings (SSSR count). The quantitative estimate of drug-likeness (QED) is 0.221. The number of hydrogen-bond donors (Lipinski definition) is 0. The first kappa shape index (κ1) is 29.5. The van der Waals surface area contributed by atoms with Crippen molar-refractivity contribution in [2.45, 2.75) is 25.2 Å². The molecule has 4 aromatic carbocycles. The van der Waals surface area contributed by atoms with Crippen molar-refractivity contribution < 1.29 is 8.78 Å². The van der Waals surface area contributed by atoms with Gasteiger partial charge in [-0.25, -0.2) is 18.1 Å². The van der Waals surface area contributed by atoms with Gasteiger partial charge in [0.05, 0.1) is 25.2 Å². The molecule has 0 amide bonds. The van der Waals surface area contributed by atoms with Crippen LogP contribution in [0, 0.1) is 11.6 Å². The molecule has 0 N–H and O–H groups in total. The van der Waals surface area contributed by atoms with Gasteiger partial charge in [-0.3, -0.25) is 9.80 Å². The first-order valence-corrected chi connectivity index (χ1v) is 15.2. The van der Waals surface area contributed by atoms with Gasteiger partial charge in [0.25, 0.3) is 0 Å². The van der Waals surface area contributed by atoms with Gasteiger partial charge in [-0.05, 0) is 67.4 Å². The Morgan fingerprint density at radius 2 is 0.870 bits per heavy atom. The Morgan fingerprint density at radius 1 is 0.500 bits per heavy atom. The molecule has 232 valence electrons. The van der Waals surface area contributed by atoms with E-state index < -0.39 is 0 Å². The molecule has 6 aromatic rings. The van der Waals surface area contributed by atoms with Gasteiger partial charge >= 0.3 is 0 Å². The number of halogens is 2. The highest BCUT2D eigenvalue weighted by Crippen LogP contribution is 2.32. The Labute approximate surface area is 264 Å². The van der Waals surface area contributed by atoms with E-state index >= 15 is 0 Å². The summed E-state index contributed by atoms with van der Waals surface area (Å²) in [6.07, 6.45) is 0. The molecule has 1 saturated heterocycles. The number of tetrazole rings is 2. The summed E-state index contributed by atoms with van der Waals surface area (Å²) in [4.78, 5) is 4.81. The molecular formula is C34H32F2N10. The average molecular weight is 619 g/mol. The van der Waals surface area contributed by atoms with E-state index in [4.69, 9.17) is 0 Å². The van der Waals surface area contributed by atoms with Crippen LogP contribution in [0.1, 0.15) is 46.0 Å². The highest BCUT2D eigenvalue weighted by Gasteiger charge is 2.35. The van der Waals surface area contributed by atoms with Crippen LogP contribution in [-0.2, 0) is 13.1 Å². The highest BCUT2D eigenvalue weighted by molar-refractivity contribution is 5.28. The zero-order chi connectivity index (χ0) is 31.3. The predicted octanol–water partition coefficient (Wildman–Crippen LogP) is 4.53. The molecule has 1 fully saturated rings. The third-order valence-corrected chi connectivity index (χ3v) is 8.41. The van der Waals surface area contributed by atoms with Crippen LogP contribution >= 0.6 is 0 Å². The van der Waals surface area contributed by atoms with Crippen molar-refractivity contribution in [1.82, 2.24) is 50.2 Å². The lowest BCUT2D eigenvalue weighted by Gasteiger charge is -2.41. The number of piperazine rings is 1. The van der Waals surface area contributed by atoms with Gasteiger partial charge in [0.2, 0.25) is 0 Å². The Bertz CT molecular complexity index is 1700. The number of nitrogens with zero attached hydrogens (tertiary/aromatic N) is 10. The van der Waals surface area contributed by atoms with Crippen LogP contribution in [0.5, 0.6) is 0 Å². The summed E-state index contributed by atoms with van der Waals surface area (Å²) in [7, 11) is 0. The van der Waals surface area contributed by atoms with Crippen molar-refractivity contribution in [2.24, 2.45) is 0 Å². The fourth-order valence-corrected chi connectivity index (χ4v) is 6.14. The molecule has 2 aromatic heterocycles. The Kier molecular flexibility index (Phi) is 8.61. The normalized spacial score (nSPS) is 15.5. The summed E-state index contributed by atoms with van der Waals surface area (Å²) in [6, 6.07) is 33.0. The second kappa shape index (κ2) is 13.4. The maximum Gasteiger partial charge on any atom is 0.173 e. The van der Waals surface area contributed by atoms with Crippen LogP contribution in [0.25, 0.3) is 0 Å². The van der Waals surface area contributed by atoms with Crippen LogP contribution in [-0.4, -0.2) is 76.4 Å². The van der Waals surface area contributed by atoms with E-state index in [2.05, 4.69) is 65.1 Å². The van der Waals surface area contributed by atoms with Crippen molar-refractivity contribution in [2.75, 3.05) is 26.2 Å². The van der Waals surface area contributed by atoms with E-state index in [1.54, 1.807) is 33.6 Å². The van der Waals surface area contributed by atoms with Crippen LogP contribution < -0.4 is 0 Å². The summed E-state index contributed by atoms with van der Waals surface area (Å²) >= 11 is 0. The van der Waals surface area contributed by atoms with E-state index in [9.17, 15) is 8.78 Å². The first-order valence-electron chi connectivity index (χ1n) is 15.2. The zero-order valence-corrected chi connectivity index (χ0v) is 25.0. The summed E-state index contributed by atoms with van der Waals surface area (Å²) in [5.74, 6) is 0.900. The molecule has 3 heterocycles. The van der Waals surface area contributed by atoms with Crippen LogP contribution in [0.2, 0.25) is 0 Å². The van der Waals surface area contributed by atoms with Gasteiger partial charge in [0, 0.05) is 26.2 Å². The fourth-order valence-electron chi connectivity index (χ4n) is 6.14. The maximum atomic E-state index is 13.6. The molecule has 2 atom stereocenters. The fraction of sp³-hybridized carbons (Fsp3) is 0.235. The van der Waals surface area contributed by atoms with Gasteiger partial charge in [-0.15, -0.1) is 10.2 Å². The number of rotatable bonds is 10. The third kappa shape index (κ3) is 6.44. The molecule has 46 heavy (non-hydrogen) atoms. The monoisotopic (exact) mass is 618 g/mol. The van der Waals surface area contributed by atoms with Crippen LogP contribution in [0.4, 0.5) is 8.78 Å². The minimum absolute atomic E-state index is 0.183. The van der Waals surface area contributed by atoms with Gasteiger partial charge in [-0.1, -0.05) is 84.9 Å². The van der Waals surface area contributed by atoms with Gasteiger partial charge in [0.1, 0.15) is 11.6 Å². The van der Waals surface area contributed by atoms with Gasteiger partial charge in [-0.2, -0.15) is 0 Å². The van der Waals surface area contributed by atoms with E-state index in [0.29, 0.717) is 13.1 Å². The second-order valence-corrected chi connectivity index (χ2v) is 11.3. The lowest BCUT2D eigenvalue weighted by molar-refractivity contribution is 0.0825. The van der Waals surface area contributed by atoms with Crippen molar-refractivity contribution in [3.8, 4) is 0 Å². The molecular weight excluding hydrogens is 586 g/mol. The zero-order valence-electron chi connectivity index (χ0n) is 25.0. The SMILES string of the molecule is Fc1ccc(Cn2nnnc2C(c2ccccc2)N2CCN(C(c3ccccc3)c3nnnn3Cc3ccc(F)cc3)CC2)cc1. The lowest BCUT2D eigenvalue weighted by atomic mass is 10.0. The predicted molar refractivity (Wildman–Crippen MR) is 166 cm³/mol. The molecule has 0 bridgehead atoms. The summed E-state index contributed by atoms with van der Waals surface area (Å²) in [5.41, 5.74) is 4.01. The largest absolute Gasteiger partial charge is 0.287 e. The van der Waals surface area contributed by atoms with E-state index in [0.717, 1.165) is 60.1 Å². The summed E-state index contributed by atoms with van der Waals surface area (Å²) < 4.78 is 30.7. The number of aromatic nitrogens is 8. The van der Waals surface area contributed by atoms with E-state index in [1.807, 2.05) is 36.4 Å². The smallest absolute Gasteiger partial charge is 0.173 e. The third-order valence-electron chi connectivity index (χ3n) is 8.41. The Morgan fingerprint density at radius 3 is 1.24 bits per heavy atom. The summed E-state index contributed by atoms with van der Waals surface area (Å²) in [6.45, 7) is 3.83. The average Bonchev–Trinajstić information content (AvgIpc) is 3.75. The molecule has 10 nitrogen and oxygen atoms in total. The maximum absolute atomic E-state index is 13.6. The molecule has 0 spiro atoms. The number of benzene rings is 4. The second-order valence-electron chi connectivity index (χ2n) is 11.3. The first-order chi connectivity index (χ1) is 22.6. The van der Waals surface area contributed by atoms with Gasteiger partial charge in [0.15, 0.2) is 11.6 Å².